The predicted molar refractivity (Wildman–Crippen MR) is 58.5 cm³/mol. The lowest BCUT2D eigenvalue weighted by molar-refractivity contribution is -0.146. The van der Waals surface area contributed by atoms with Crippen LogP contribution in [-0.4, -0.2) is 56.3 Å². The lowest BCUT2D eigenvalue weighted by Gasteiger charge is -2.25. The van der Waals surface area contributed by atoms with Crippen molar-refractivity contribution >= 4 is 21.7 Å². The summed E-state index contributed by atoms with van der Waals surface area (Å²) in [5.41, 5.74) is 0. The number of imide groups is 1. The van der Waals surface area contributed by atoms with Crippen LogP contribution in [0.1, 0.15) is 13.3 Å². The van der Waals surface area contributed by atoms with Crippen LogP contribution in [0.4, 0.5) is 0 Å². The molecule has 0 radical (unpaired) electrons. The van der Waals surface area contributed by atoms with Gasteiger partial charge in [0.15, 0.2) is 9.84 Å². The van der Waals surface area contributed by atoms with Gasteiger partial charge in [-0.3, -0.25) is 19.8 Å². The molecule has 1 fully saturated rings. The van der Waals surface area contributed by atoms with Gasteiger partial charge in [-0.1, -0.05) is 6.92 Å². The molecule has 7 heteroatoms. The van der Waals surface area contributed by atoms with Crippen molar-refractivity contribution in [3.8, 4) is 0 Å². The first-order chi connectivity index (χ1) is 7.46. The van der Waals surface area contributed by atoms with E-state index < -0.39 is 9.84 Å². The molecule has 0 saturated carbocycles. The van der Waals surface area contributed by atoms with E-state index in [9.17, 15) is 18.0 Å². The topological polar surface area (TPSA) is 83.6 Å². The van der Waals surface area contributed by atoms with Crippen molar-refractivity contribution in [3.05, 3.63) is 0 Å². The van der Waals surface area contributed by atoms with Gasteiger partial charge in [-0.25, -0.2) is 8.42 Å². The van der Waals surface area contributed by atoms with Crippen LogP contribution in [0.2, 0.25) is 0 Å². The zero-order valence-electron chi connectivity index (χ0n) is 9.23. The number of hydrogen-bond acceptors (Lipinski definition) is 5. The zero-order chi connectivity index (χ0) is 12.2. The van der Waals surface area contributed by atoms with Crippen molar-refractivity contribution in [2.24, 2.45) is 0 Å². The van der Waals surface area contributed by atoms with E-state index in [1.807, 2.05) is 0 Å². The Balaban J connectivity index is 2.53. The Morgan fingerprint density at radius 1 is 1.19 bits per heavy atom. The van der Waals surface area contributed by atoms with Crippen LogP contribution in [0, 0.1) is 0 Å². The summed E-state index contributed by atoms with van der Waals surface area (Å²) in [6.45, 7) is 1.94. The molecule has 0 aromatic rings. The molecule has 1 aliphatic heterocycles. The predicted octanol–water partition coefficient (Wildman–Crippen LogP) is -1.23. The molecule has 1 heterocycles. The van der Waals surface area contributed by atoms with E-state index in [2.05, 4.69) is 5.32 Å². The molecule has 92 valence electrons. The number of carbonyl (C=O) groups is 2. The summed E-state index contributed by atoms with van der Waals surface area (Å²) in [4.78, 5) is 23.7. The molecule has 0 aliphatic carbocycles. The van der Waals surface area contributed by atoms with E-state index >= 15 is 0 Å². The number of nitrogens with one attached hydrogen (secondary N) is 1. The Morgan fingerprint density at radius 2 is 1.75 bits per heavy atom. The number of rotatable bonds is 5. The highest BCUT2D eigenvalue weighted by atomic mass is 32.2. The summed E-state index contributed by atoms with van der Waals surface area (Å²) >= 11 is 0. The third kappa shape index (κ3) is 3.57. The highest BCUT2D eigenvalue weighted by Gasteiger charge is 2.26. The number of sulfone groups is 1. The highest BCUT2D eigenvalue weighted by molar-refractivity contribution is 7.91. The Labute approximate surface area is 94.9 Å². The molecule has 1 aliphatic rings. The number of carbonyl (C=O) groups excluding carboxylic acids is 2. The number of amides is 2. The molecule has 0 unspecified atom stereocenters. The first-order valence-electron chi connectivity index (χ1n) is 5.20. The lowest BCUT2D eigenvalue weighted by atomic mass is 10.3. The van der Waals surface area contributed by atoms with Crippen molar-refractivity contribution in [3.63, 3.8) is 0 Å². The van der Waals surface area contributed by atoms with E-state index in [-0.39, 0.29) is 43.0 Å². The van der Waals surface area contributed by atoms with Crippen molar-refractivity contribution in [2.75, 3.05) is 31.1 Å². The molecule has 6 nitrogen and oxygen atoms in total. The minimum absolute atomic E-state index is 0.0261. The molecule has 16 heavy (non-hydrogen) atoms. The van der Waals surface area contributed by atoms with E-state index in [1.54, 1.807) is 6.92 Å². The number of piperazine rings is 1. The molecule has 0 spiro atoms. The minimum Gasteiger partial charge on any atom is -0.300 e. The average Bonchev–Trinajstić information content (AvgIpc) is 2.16. The third-order valence-electron chi connectivity index (χ3n) is 2.30. The van der Waals surface area contributed by atoms with Gasteiger partial charge in [0, 0.05) is 12.3 Å². The standard InChI is InChI=1S/C9H16N2O4S/c1-2-4-16(14,15)5-3-11-8(12)6-10-7-9(11)13/h10H,2-7H2,1H3. The second-order valence-corrected chi connectivity index (χ2v) is 6.00. The molecule has 2 amide bonds. The lowest BCUT2D eigenvalue weighted by Crippen LogP contribution is -2.53. The average molecular weight is 248 g/mol. The first-order valence-corrected chi connectivity index (χ1v) is 7.03. The highest BCUT2D eigenvalue weighted by Crippen LogP contribution is 2.00. The van der Waals surface area contributed by atoms with E-state index in [0.717, 1.165) is 4.90 Å². The Morgan fingerprint density at radius 3 is 2.25 bits per heavy atom. The molecule has 1 N–H and O–H groups in total. The van der Waals surface area contributed by atoms with Gasteiger partial charge in [-0.05, 0) is 6.42 Å². The molecule has 0 atom stereocenters. The number of hydrogen-bond donors (Lipinski definition) is 1. The maximum atomic E-state index is 11.4. The Hall–Kier alpha value is -0.950. The number of nitrogens with zero attached hydrogens (tertiary/aromatic N) is 1. The minimum atomic E-state index is -3.14. The quantitative estimate of drug-likeness (QED) is 0.616. The smallest absolute Gasteiger partial charge is 0.243 e. The van der Waals surface area contributed by atoms with Crippen LogP contribution in [0.3, 0.4) is 0 Å². The van der Waals surface area contributed by atoms with Crippen LogP contribution < -0.4 is 5.32 Å². The molecular weight excluding hydrogens is 232 g/mol. The summed E-state index contributed by atoms with van der Waals surface area (Å²) in [6, 6.07) is 0. The maximum Gasteiger partial charge on any atom is 0.243 e. The molecule has 0 aromatic carbocycles. The van der Waals surface area contributed by atoms with Crippen molar-refractivity contribution in [1.29, 1.82) is 0 Å². The van der Waals surface area contributed by atoms with Gasteiger partial charge in [0.25, 0.3) is 0 Å². The molecule has 1 rings (SSSR count). The van der Waals surface area contributed by atoms with Crippen molar-refractivity contribution in [2.45, 2.75) is 13.3 Å². The van der Waals surface area contributed by atoms with Gasteiger partial charge in [-0.15, -0.1) is 0 Å². The zero-order valence-corrected chi connectivity index (χ0v) is 10.0. The van der Waals surface area contributed by atoms with Crippen molar-refractivity contribution in [1.82, 2.24) is 10.2 Å². The second kappa shape index (κ2) is 5.40. The van der Waals surface area contributed by atoms with E-state index in [1.165, 1.54) is 0 Å². The normalized spacial score (nSPS) is 17.9. The summed E-state index contributed by atoms with van der Waals surface area (Å²) < 4.78 is 22.8. The monoisotopic (exact) mass is 248 g/mol. The van der Waals surface area contributed by atoms with Crippen LogP contribution >= 0.6 is 0 Å². The fourth-order valence-corrected chi connectivity index (χ4v) is 2.79. The molecular formula is C9H16N2O4S. The fraction of sp³-hybridized carbons (Fsp3) is 0.778. The van der Waals surface area contributed by atoms with Gasteiger partial charge in [-0.2, -0.15) is 0 Å². The SMILES string of the molecule is CCCS(=O)(=O)CCN1C(=O)CNCC1=O. The third-order valence-corrected chi connectivity index (χ3v) is 4.13. The molecule has 0 aromatic heterocycles. The van der Waals surface area contributed by atoms with Gasteiger partial charge < -0.3 is 0 Å². The second-order valence-electron chi connectivity index (χ2n) is 3.69. The van der Waals surface area contributed by atoms with Gasteiger partial charge in [0.2, 0.25) is 11.8 Å². The fourth-order valence-electron chi connectivity index (χ4n) is 1.50. The van der Waals surface area contributed by atoms with Gasteiger partial charge in [0.1, 0.15) is 0 Å². The maximum absolute atomic E-state index is 11.4. The van der Waals surface area contributed by atoms with Crippen LogP contribution in [-0.2, 0) is 19.4 Å². The molecule has 0 bridgehead atoms. The van der Waals surface area contributed by atoms with Gasteiger partial charge in [0.05, 0.1) is 18.8 Å². The van der Waals surface area contributed by atoms with Crippen LogP contribution in [0.15, 0.2) is 0 Å². The van der Waals surface area contributed by atoms with Crippen LogP contribution in [0.25, 0.3) is 0 Å². The van der Waals surface area contributed by atoms with E-state index in [0.29, 0.717) is 6.42 Å². The Kier molecular flexibility index (Phi) is 4.43. The summed E-state index contributed by atoms with van der Waals surface area (Å²) in [6.07, 6.45) is 0.547. The largest absolute Gasteiger partial charge is 0.300 e. The van der Waals surface area contributed by atoms with E-state index in [4.69, 9.17) is 0 Å². The van der Waals surface area contributed by atoms with Gasteiger partial charge >= 0.3 is 0 Å². The van der Waals surface area contributed by atoms with Crippen molar-refractivity contribution < 1.29 is 18.0 Å². The Bertz CT molecular complexity index is 361. The summed E-state index contributed by atoms with van der Waals surface area (Å²) in [5.74, 6) is -0.759. The first kappa shape index (κ1) is 13.1. The van der Waals surface area contributed by atoms with Crippen LogP contribution in [0.5, 0.6) is 0 Å². The molecule has 1 saturated heterocycles. The summed E-state index contributed by atoms with van der Waals surface area (Å²) in [7, 11) is -3.14. The summed E-state index contributed by atoms with van der Waals surface area (Å²) in [5, 5.41) is 2.65.